The highest BCUT2D eigenvalue weighted by atomic mass is 19.4. The van der Waals surface area contributed by atoms with Crippen LogP contribution in [0.25, 0.3) is 0 Å². The molecule has 0 spiro atoms. The average molecular weight is 294 g/mol. The molecule has 0 fully saturated rings. The zero-order valence-electron chi connectivity index (χ0n) is 10.6. The van der Waals surface area contributed by atoms with E-state index in [1.54, 1.807) is 5.10 Å². The molecule has 0 saturated carbocycles. The number of aromatic amines is 1. The van der Waals surface area contributed by atoms with Gasteiger partial charge in [0.05, 0.1) is 25.3 Å². The van der Waals surface area contributed by atoms with Crippen molar-refractivity contribution in [1.82, 2.24) is 10.2 Å². The van der Waals surface area contributed by atoms with Gasteiger partial charge in [0, 0.05) is 0 Å². The van der Waals surface area contributed by atoms with Gasteiger partial charge in [0.2, 0.25) is 0 Å². The molecule has 0 aliphatic heterocycles. The Balaban J connectivity index is 2.98. The van der Waals surface area contributed by atoms with Crippen molar-refractivity contribution in [3.8, 4) is 0 Å². The molecule has 1 heterocycles. The third-order valence-electron chi connectivity index (χ3n) is 2.51. The minimum Gasteiger partial charge on any atom is -0.481 e. The maximum Gasteiger partial charge on any atom is 0.422 e. The number of hydrogen-bond acceptors (Lipinski definition) is 4. The fraction of sp³-hybridized carbons (Fsp3) is 0.545. The lowest BCUT2D eigenvalue weighted by Gasteiger charge is -2.13. The predicted octanol–water partition coefficient (Wildman–Crippen LogP) is 1.34. The molecule has 0 bridgehead atoms. The third kappa shape index (κ3) is 4.05. The van der Waals surface area contributed by atoms with Crippen LogP contribution in [0, 0.1) is 0 Å². The highest BCUT2D eigenvalue weighted by molar-refractivity contribution is 5.66. The largest absolute Gasteiger partial charge is 0.481 e. The number of ether oxygens (including phenoxy) is 1. The normalized spacial score (nSPS) is 11.6. The minimum absolute atomic E-state index is 0.0383. The number of hydrogen-bond donors (Lipinski definition) is 2. The van der Waals surface area contributed by atoms with Crippen LogP contribution < -0.4 is 5.56 Å². The average Bonchev–Trinajstić information content (AvgIpc) is 2.33. The number of aromatic nitrogens is 2. The molecule has 2 N–H and O–H groups in total. The molecule has 0 aliphatic carbocycles. The van der Waals surface area contributed by atoms with Gasteiger partial charge in [0.15, 0.2) is 0 Å². The van der Waals surface area contributed by atoms with Crippen LogP contribution in [-0.4, -0.2) is 27.9 Å². The molecule has 1 aromatic rings. The summed E-state index contributed by atoms with van der Waals surface area (Å²) in [5.41, 5.74) is -2.88. The van der Waals surface area contributed by atoms with Gasteiger partial charge in [0.25, 0.3) is 5.56 Å². The van der Waals surface area contributed by atoms with Gasteiger partial charge in [-0.3, -0.25) is 9.59 Å². The lowest BCUT2D eigenvalue weighted by Crippen LogP contribution is -2.27. The fourth-order valence-electron chi connectivity index (χ4n) is 1.65. The number of alkyl halides is 3. The summed E-state index contributed by atoms with van der Waals surface area (Å²) in [5.74, 6) is -1.08. The first-order valence-corrected chi connectivity index (χ1v) is 5.74. The molecule has 1 aromatic heterocycles. The topological polar surface area (TPSA) is 92.3 Å². The Bertz CT molecular complexity index is 539. The molecule has 0 amide bonds. The molecule has 112 valence electrons. The first kappa shape index (κ1) is 16.2. The van der Waals surface area contributed by atoms with E-state index in [-0.39, 0.29) is 37.3 Å². The summed E-state index contributed by atoms with van der Waals surface area (Å²) in [5, 5.41) is 13.7. The third-order valence-corrected chi connectivity index (χ3v) is 2.51. The van der Waals surface area contributed by atoms with Gasteiger partial charge in [-0.25, -0.2) is 5.10 Å². The predicted molar refractivity (Wildman–Crippen MR) is 61.1 cm³/mol. The molecule has 0 saturated heterocycles. The van der Waals surface area contributed by atoms with E-state index >= 15 is 0 Å². The van der Waals surface area contributed by atoms with Gasteiger partial charge in [-0.05, 0) is 12.0 Å². The van der Waals surface area contributed by atoms with Gasteiger partial charge in [-0.15, -0.1) is 0 Å². The summed E-state index contributed by atoms with van der Waals surface area (Å²) < 4.78 is 43.4. The quantitative estimate of drug-likeness (QED) is 0.772. The summed E-state index contributed by atoms with van der Waals surface area (Å²) in [6.07, 6.45) is -5.09. The van der Waals surface area contributed by atoms with Gasteiger partial charge in [-0.1, -0.05) is 6.92 Å². The number of rotatable bonds is 6. The van der Waals surface area contributed by atoms with Crippen molar-refractivity contribution in [2.45, 2.75) is 32.5 Å². The smallest absolute Gasteiger partial charge is 0.422 e. The van der Waals surface area contributed by atoms with Gasteiger partial charge >= 0.3 is 12.1 Å². The summed E-state index contributed by atoms with van der Waals surface area (Å²) in [6.45, 7) is 1.02. The van der Waals surface area contributed by atoms with E-state index < -0.39 is 23.3 Å². The number of H-pyrrole nitrogens is 1. The fourth-order valence-corrected chi connectivity index (χ4v) is 1.65. The second-order valence-electron chi connectivity index (χ2n) is 3.90. The lowest BCUT2D eigenvalue weighted by molar-refractivity contribution is -0.139. The molecule has 0 atom stereocenters. The number of nitrogens with zero attached hydrogens (tertiary/aromatic N) is 1. The summed E-state index contributed by atoms with van der Waals surface area (Å²) in [6, 6.07) is 0. The van der Waals surface area contributed by atoms with Crippen molar-refractivity contribution in [2.24, 2.45) is 0 Å². The molecule has 0 radical (unpaired) electrons. The summed E-state index contributed by atoms with van der Waals surface area (Å²) in [7, 11) is 0. The van der Waals surface area contributed by atoms with Crippen LogP contribution in [0.4, 0.5) is 13.2 Å². The molecule has 20 heavy (non-hydrogen) atoms. The zero-order chi connectivity index (χ0) is 15.3. The van der Waals surface area contributed by atoms with E-state index in [0.717, 1.165) is 0 Å². The van der Waals surface area contributed by atoms with Crippen LogP contribution in [0.2, 0.25) is 0 Å². The van der Waals surface area contributed by atoms with Crippen molar-refractivity contribution < 1.29 is 27.8 Å². The molecule has 0 unspecified atom stereocenters. The lowest BCUT2D eigenvalue weighted by atomic mass is 10.1. The second kappa shape index (κ2) is 6.51. The minimum atomic E-state index is -4.78. The Morgan fingerprint density at radius 1 is 1.45 bits per heavy atom. The van der Waals surface area contributed by atoms with E-state index in [1.165, 1.54) is 6.92 Å². The highest BCUT2D eigenvalue weighted by Gasteiger charge is 2.37. The standard InChI is InChI=1S/C11H13F3N2O4/c1-2-6-7(5-20-4-3-8(17)18)15-16-10(19)9(6)11(12,13)14/h2-5H2,1H3,(H,16,19)(H,17,18). The number of halogens is 3. The van der Waals surface area contributed by atoms with E-state index in [0.29, 0.717) is 0 Å². The van der Waals surface area contributed by atoms with Gasteiger partial charge in [-0.2, -0.15) is 18.3 Å². The maximum absolute atomic E-state index is 12.8. The van der Waals surface area contributed by atoms with E-state index in [9.17, 15) is 22.8 Å². The molecule has 1 rings (SSSR count). The molecular weight excluding hydrogens is 281 g/mol. The van der Waals surface area contributed by atoms with Crippen molar-refractivity contribution in [1.29, 1.82) is 0 Å². The Morgan fingerprint density at radius 2 is 2.10 bits per heavy atom. The van der Waals surface area contributed by atoms with E-state index in [2.05, 4.69) is 5.10 Å². The molecule has 0 aliphatic rings. The SMILES string of the molecule is CCc1c(COCCC(=O)O)n[nH]c(=O)c1C(F)(F)F. The van der Waals surface area contributed by atoms with Crippen LogP contribution in [0.1, 0.15) is 30.2 Å². The first-order valence-electron chi connectivity index (χ1n) is 5.74. The highest BCUT2D eigenvalue weighted by Crippen LogP contribution is 2.30. The van der Waals surface area contributed by atoms with Crippen LogP contribution >= 0.6 is 0 Å². The van der Waals surface area contributed by atoms with Crippen LogP contribution in [-0.2, 0) is 28.7 Å². The van der Waals surface area contributed by atoms with Crippen molar-refractivity contribution in [3.05, 3.63) is 27.2 Å². The van der Waals surface area contributed by atoms with Gasteiger partial charge < -0.3 is 9.84 Å². The van der Waals surface area contributed by atoms with Crippen LogP contribution in [0.3, 0.4) is 0 Å². The first-order chi connectivity index (χ1) is 9.27. The van der Waals surface area contributed by atoms with Gasteiger partial charge in [0.1, 0.15) is 5.56 Å². The summed E-state index contributed by atoms with van der Waals surface area (Å²) in [4.78, 5) is 21.5. The van der Waals surface area contributed by atoms with Crippen molar-refractivity contribution in [3.63, 3.8) is 0 Å². The van der Waals surface area contributed by atoms with Crippen LogP contribution in [0.5, 0.6) is 0 Å². The Hall–Kier alpha value is -1.90. The molecular formula is C11H13F3N2O4. The van der Waals surface area contributed by atoms with Crippen molar-refractivity contribution >= 4 is 5.97 Å². The Morgan fingerprint density at radius 3 is 2.60 bits per heavy atom. The number of nitrogens with one attached hydrogen (secondary N) is 1. The number of carboxylic acids is 1. The zero-order valence-corrected chi connectivity index (χ0v) is 10.6. The number of carboxylic acid groups (broad SMARTS) is 1. The Labute approximate surface area is 111 Å². The molecule has 0 aromatic carbocycles. The summed E-state index contributed by atoms with van der Waals surface area (Å²) >= 11 is 0. The van der Waals surface area contributed by atoms with E-state index in [1.807, 2.05) is 0 Å². The second-order valence-corrected chi connectivity index (χ2v) is 3.90. The monoisotopic (exact) mass is 294 g/mol. The van der Waals surface area contributed by atoms with Crippen LogP contribution in [0.15, 0.2) is 4.79 Å². The number of aliphatic carboxylic acids is 1. The Kier molecular flexibility index (Phi) is 5.26. The van der Waals surface area contributed by atoms with E-state index in [4.69, 9.17) is 9.84 Å². The molecule has 9 heteroatoms. The van der Waals surface area contributed by atoms with Crippen molar-refractivity contribution in [2.75, 3.05) is 6.61 Å². The molecule has 6 nitrogen and oxygen atoms in total. The maximum atomic E-state index is 12.8. The number of carbonyl (C=O) groups is 1.